The van der Waals surface area contributed by atoms with E-state index in [0.29, 0.717) is 5.41 Å². The lowest BCUT2D eigenvalue weighted by atomic mass is 9.75. The van der Waals surface area contributed by atoms with E-state index < -0.39 is 0 Å². The largest absolute Gasteiger partial charge is 0.385 e. The Morgan fingerprint density at radius 2 is 1.89 bits per heavy atom. The average molecular weight is 256 g/mol. The Hall–Kier alpha value is -0.120. The summed E-state index contributed by atoms with van der Waals surface area (Å²) >= 11 is 0. The molecular weight excluding hydrogens is 224 g/mol. The number of hydrogen-bond acceptors (Lipinski definition) is 3. The molecule has 3 nitrogen and oxygen atoms in total. The Kier molecular flexibility index (Phi) is 7.20. The summed E-state index contributed by atoms with van der Waals surface area (Å²) in [5.41, 5.74) is 0.579. The summed E-state index contributed by atoms with van der Waals surface area (Å²) in [6.45, 7) is 9.00. The molecular formula is C15H32N2O. The van der Waals surface area contributed by atoms with Gasteiger partial charge in [0.05, 0.1) is 0 Å². The van der Waals surface area contributed by atoms with Crippen LogP contribution in [0.3, 0.4) is 0 Å². The van der Waals surface area contributed by atoms with Crippen LogP contribution < -0.4 is 5.32 Å². The molecule has 1 aliphatic carbocycles. The van der Waals surface area contributed by atoms with Gasteiger partial charge in [-0.1, -0.05) is 13.8 Å². The molecule has 1 fully saturated rings. The lowest BCUT2D eigenvalue weighted by Gasteiger charge is -2.38. The van der Waals surface area contributed by atoms with Crippen molar-refractivity contribution in [2.45, 2.75) is 52.0 Å². The predicted molar refractivity (Wildman–Crippen MR) is 78.0 cm³/mol. The van der Waals surface area contributed by atoms with Crippen LogP contribution in [0.1, 0.15) is 46.0 Å². The minimum absolute atomic E-state index is 0.579. The number of ether oxygens (including phenoxy) is 1. The highest BCUT2D eigenvalue weighted by Crippen LogP contribution is 2.36. The van der Waals surface area contributed by atoms with Gasteiger partial charge in [-0.15, -0.1) is 0 Å². The molecule has 18 heavy (non-hydrogen) atoms. The zero-order chi connectivity index (χ0) is 13.4. The number of likely N-dealkylation sites (N-methyl/N-ethyl adjacent to an activating group) is 1. The van der Waals surface area contributed by atoms with Crippen LogP contribution in [0.5, 0.6) is 0 Å². The van der Waals surface area contributed by atoms with Crippen molar-refractivity contribution in [1.82, 2.24) is 10.2 Å². The van der Waals surface area contributed by atoms with Crippen LogP contribution in [0, 0.1) is 5.41 Å². The van der Waals surface area contributed by atoms with Crippen molar-refractivity contribution in [2.75, 3.05) is 40.4 Å². The SMILES string of the molecule is COCCCNCCN(C)C1CCC(C)(C)CC1. The third-order valence-electron chi connectivity index (χ3n) is 4.28. The van der Waals surface area contributed by atoms with E-state index in [9.17, 15) is 0 Å². The van der Waals surface area contributed by atoms with Crippen molar-refractivity contribution in [3.05, 3.63) is 0 Å². The van der Waals surface area contributed by atoms with Gasteiger partial charge in [-0.2, -0.15) is 0 Å². The smallest absolute Gasteiger partial charge is 0.0474 e. The summed E-state index contributed by atoms with van der Waals surface area (Å²) in [5, 5.41) is 3.48. The van der Waals surface area contributed by atoms with E-state index in [0.717, 1.165) is 38.7 Å². The molecule has 0 radical (unpaired) electrons. The average Bonchev–Trinajstić information content (AvgIpc) is 2.33. The molecule has 0 unspecified atom stereocenters. The Bertz CT molecular complexity index is 209. The monoisotopic (exact) mass is 256 g/mol. The van der Waals surface area contributed by atoms with Crippen molar-refractivity contribution in [3.8, 4) is 0 Å². The topological polar surface area (TPSA) is 24.5 Å². The molecule has 1 rings (SSSR count). The van der Waals surface area contributed by atoms with Crippen molar-refractivity contribution in [3.63, 3.8) is 0 Å². The molecule has 0 atom stereocenters. The summed E-state index contributed by atoms with van der Waals surface area (Å²) < 4.78 is 5.03. The number of hydrogen-bond donors (Lipinski definition) is 1. The Morgan fingerprint density at radius 3 is 2.50 bits per heavy atom. The van der Waals surface area contributed by atoms with Gasteiger partial charge in [0.2, 0.25) is 0 Å². The fraction of sp³-hybridized carbons (Fsp3) is 1.00. The van der Waals surface area contributed by atoms with Gasteiger partial charge in [0, 0.05) is 32.8 Å². The van der Waals surface area contributed by atoms with Crippen LogP contribution in [0.15, 0.2) is 0 Å². The molecule has 0 aromatic heterocycles. The highest BCUT2D eigenvalue weighted by molar-refractivity contribution is 4.82. The van der Waals surface area contributed by atoms with Gasteiger partial charge >= 0.3 is 0 Å². The zero-order valence-corrected chi connectivity index (χ0v) is 12.8. The van der Waals surface area contributed by atoms with E-state index >= 15 is 0 Å². The first kappa shape index (κ1) is 15.9. The van der Waals surface area contributed by atoms with Gasteiger partial charge < -0.3 is 15.0 Å². The maximum atomic E-state index is 5.03. The highest BCUT2D eigenvalue weighted by atomic mass is 16.5. The van der Waals surface area contributed by atoms with Crippen LogP contribution in [0.2, 0.25) is 0 Å². The normalized spacial score (nSPS) is 20.5. The molecule has 0 bridgehead atoms. The van der Waals surface area contributed by atoms with Crippen molar-refractivity contribution >= 4 is 0 Å². The van der Waals surface area contributed by atoms with Crippen LogP contribution in [0.4, 0.5) is 0 Å². The van der Waals surface area contributed by atoms with E-state index in [2.05, 4.69) is 31.1 Å². The van der Waals surface area contributed by atoms with Crippen molar-refractivity contribution in [2.24, 2.45) is 5.41 Å². The minimum Gasteiger partial charge on any atom is -0.385 e. The van der Waals surface area contributed by atoms with E-state index in [1.165, 1.54) is 25.7 Å². The molecule has 0 amide bonds. The van der Waals surface area contributed by atoms with Crippen LogP contribution in [-0.2, 0) is 4.74 Å². The molecule has 0 aromatic carbocycles. The van der Waals surface area contributed by atoms with Crippen molar-refractivity contribution in [1.29, 1.82) is 0 Å². The molecule has 1 N–H and O–H groups in total. The summed E-state index contributed by atoms with van der Waals surface area (Å²) in [6.07, 6.45) is 6.60. The quantitative estimate of drug-likeness (QED) is 0.675. The number of methoxy groups -OCH3 is 1. The lowest BCUT2D eigenvalue weighted by molar-refractivity contribution is 0.128. The van der Waals surface area contributed by atoms with E-state index in [1.54, 1.807) is 7.11 Å². The number of nitrogens with one attached hydrogen (secondary N) is 1. The van der Waals surface area contributed by atoms with Gasteiger partial charge in [-0.25, -0.2) is 0 Å². The first-order valence-electron chi connectivity index (χ1n) is 7.45. The molecule has 3 heteroatoms. The Balaban J connectivity index is 2.05. The minimum atomic E-state index is 0.579. The molecule has 0 heterocycles. The second kappa shape index (κ2) is 8.13. The first-order valence-corrected chi connectivity index (χ1v) is 7.45. The second-order valence-electron chi connectivity index (χ2n) is 6.47. The molecule has 0 saturated heterocycles. The maximum absolute atomic E-state index is 5.03. The standard InChI is InChI=1S/C15H32N2O/c1-15(2)8-6-14(7-9-15)17(3)12-11-16-10-5-13-18-4/h14,16H,5-13H2,1-4H3. The Morgan fingerprint density at radius 1 is 1.22 bits per heavy atom. The van der Waals surface area contributed by atoms with Gasteiger partial charge in [0.1, 0.15) is 0 Å². The van der Waals surface area contributed by atoms with Crippen molar-refractivity contribution < 1.29 is 4.74 Å². The number of rotatable bonds is 8. The molecule has 0 aromatic rings. The van der Waals surface area contributed by atoms with Gasteiger partial charge in [0.15, 0.2) is 0 Å². The zero-order valence-electron chi connectivity index (χ0n) is 12.8. The van der Waals surface area contributed by atoms with Gasteiger partial charge in [-0.05, 0) is 51.1 Å². The summed E-state index contributed by atoms with van der Waals surface area (Å²) in [4.78, 5) is 2.54. The molecule has 1 saturated carbocycles. The Labute approximate surface area is 113 Å². The lowest BCUT2D eigenvalue weighted by Crippen LogP contribution is -2.40. The van der Waals surface area contributed by atoms with Crippen LogP contribution >= 0.6 is 0 Å². The van der Waals surface area contributed by atoms with E-state index in [-0.39, 0.29) is 0 Å². The summed E-state index contributed by atoms with van der Waals surface area (Å²) in [6, 6.07) is 0.804. The predicted octanol–water partition coefficient (Wildman–Crippen LogP) is 2.51. The van der Waals surface area contributed by atoms with E-state index in [4.69, 9.17) is 4.74 Å². The molecule has 1 aliphatic rings. The first-order chi connectivity index (χ1) is 8.55. The van der Waals surface area contributed by atoms with Crippen LogP contribution in [0.25, 0.3) is 0 Å². The highest BCUT2D eigenvalue weighted by Gasteiger charge is 2.28. The summed E-state index contributed by atoms with van der Waals surface area (Å²) in [5.74, 6) is 0. The maximum Gasteiger partial charge on any atom is 0.0474 e. The fourth-order valence-electron chi connectivity index (χ4n) is 2.73. The number of nitrogens with zero attached hydrogens (tertiary/aromatic N) is 1. The molecule has 0 aliphatic heterocycles. The van der Waals surface area contributed by atoms with E-state index in [1.807, 2.05) is 0 Å². The van der Waals surface area contributed by atoms with Gasteiger partial charge in [-0.3, -0.25) is 0 Å². The fourth-order valence-corrected chi connectivity index (χ4v) is 2.73. The summed E-state index contributed by atoms with van der Waals surface area (Å²) in [7, 11) is 4.04. The third-order valence-corrected chi connectivity index (χ3v) is 4.28. The molecule has 108 valence electrons. The third kappa shape index (κ3) is 6.17. The van der Waals surface area contributed by atoms with Gasteiger partial charge in [0.25, 0.3) is 0 Å². The van der Waals surface area contributed by atoms with Crippen LogP contribution in [-0.4, -0.2) is 51.3 Å². The second-order valence-corrected chi connectivity index (χ2v) is 6.47. The molecule has 0 spiro atoms.